The summed E-state index contributed by atoms with van der Waals surface area (Å²) in [5.41, 5.74) is 5.42. The zero-order valence-corrected chi connectivity index (χ0v) is 10.0. The molecule has 1 aliphatic carbocycles. The quantitative estimate of drug-likeness (QED) is 0.746. The molecule has 0 aromatic heterocycles. The van der Waals surface area contributed by atoms with Gasteiger partial charge >= 0.3 is 5.97 Å². The maximum Gasteiger partial charge on any atom is 0.303 e. The van der Waals surface area contributed by atoms with Crippen LogP contribution >= 0.6 is 0 Å². The highest BCUT2D eigenvalue weighted by Gasteiger charge is 2.45. The van der Waals surface area contributed by atoms with Crippen LogP contribution in [0.25, 0.3) is 0 Å². The Balaban J connectivity index is 1.88. The number of carbonyl (C=O) groups is 2. The normalized spacial score (nSPS) is 23.5. The van der Waals surface area contributed by atoms with Crippen molar-refractivity contribution in [3.05, 3.63) is 0 Å². The molecule has 96 valence electrons. The van der Waals surface area contributed by atoms with Gasteiger partial charge in [-0.3, -0.25) is 9.59 Å². The van der Waals surface area contributed by atoms with E-state index < -0.39 is 5.97 Å². The molecule has 0 spiro atoms. The van der Waals surface area contributed by atoms with E-state index in [0.717, 1.165) is 25.7 Å². The van der Waals surface area contributed by atoms with E-state index in [9.17, 15) is 9.59 Å². The number of carboxylic acid groups (broad SMARTS) is 1. The third-order valence-corrected chi connectivity index (χ3v) is 4.11. The molecule has 0 aromatic carbocycles. The molecule has 3 N–H and O–H groups in total. The van der Waals surface area contributed by atoms with E-state index in [2.05, 4.69) is 0 Å². The lowest BCUT2D eigenvalue weighted by Gasteiger charge is -2.43. The number of rotatable bonds is 4. The summed E-state index contributed by atoms with van der Waals surface area (Å²) in [6.45, 7) is 1.60. The third-order valence-electron chi connectivity index (χ3n) is 4.11. The molecule has 2 aliphatic rings. The minimum atomic E-state index is -0.781. The Morgan fingerprint density at radius 3 is 2.35 bits per heavy atom. The number of carboxylic acids is 1. The lowest BCUT2D eigenvalue weighted by atomic mass is 9.82. The second-order valence-corrected chi connectivity index (χ2v) is 5.37. The first-order valence-electron chi connectivity index (χ1n) is 6.29. The van der Waals surface area contributed by atoms with Crippen LogP contribution in [0.4, 0.5) is 0 Å². The van der Waals surface area contributed by atoms with E-state index in [1.807, 2.05) is 0 Å². The molecule has 1 amide bonds. The molecule has 0 atom stereocenters. The van der Waals surface area contributed by atoms with Crippen LogP contribution in [-0.2, 0) is 9.59 Å². The molecular formula is C12H20N2O3. The van der Waals surface area contributed by atoms with Crippen LogP contribution in [0.1, 0.15) is 32.1 Å². The first-order chi connectivity index (χ1) is 8.07. The molecule has 17 heavy (non-hydrogen) atoms. The third kappa shape index (κ3) is 2.29. The van der Waals surface area contributed by atoms with Gasteiger partial charge in [0.15, 0.2) is 0 Å². The van der Waals surface area contributed by atoms with E-state index in [1.165, 1.54) is 0 Å². The number of hydrogen-bond acceptors (Lipinski definition) is 3. The Bertz CT molecular complexity index is 318. The van der Waals surface area contributed by atoms with Crippen molar-refractivity contribution in [1.29, 1.82) is 0 Å². The highest BCUT2D eigenvalue weighted by molar-refractivity contribution is 5.84. The van der Waals surface area contributed by atoms with Gasteiger partial charge in [0, 0.05) is 25.6 Å². The minimum Gasteiger partial charge on any atom is -0.481 e. The van der Waals surface area contributed by atoms with E-state index in [0.29, 0.717) is 19.6 Å². The monoisotopic (exact) mass is 240 g/mol. The lowest BCUT2D eigenvalue weighted by molar-refractivity contribution is -0.151. The summed E-state index contributed by atoms with van der Waals surface area (Å²) in [5.74, 6) is -0.497. The number of likely N-dealkylation sites (tertiary alicyclic amines) is 1. The SMILES string of the molecule is NCC1(C(=O)N2CC(CC(=O)O)C2)CCCC1. The molecule has 2 fully saturated rings. The average molecular weight is 240 g/mol. The number of carbonyl (C=O) groups excluding carboxylic acids is 1. The van der Waals surface area contributed by atoms with Gasteiger partial charge in [-0.15, -0.1) is 0 Å². The molecule has 1 heterocycles. The fourth-order valence-electron chi connectivity index (χ4n) is 3.00. The molecule has 0 bridgehead atoms. The Morgan fingerprint density at radius 1 is 1.29 bits per heavy atom. The molecule has 0 aromatic rings. The fraction of sp³-hybridized carbons (Fsp3) is 0.833. The maximum atomic E-state index is 12.3. The van der Waals surface area contributed by atoms with Crippen molar-refractivity contribution in [1.82, 2.24) is 4.90 Å². The zero-order valence-electron chi connectivity index (χ0n) is 10.0. The highest BCUT2D eigenvalue weighted by atomic mass is 16.4. The van der Waals surface area contributed by atoms with Crippen molar-refractivity contribution in [3.63, 3.8) is 0 Å². The summed E-state index contributed by atoms with van der Waals surface area (Å²) in [6, 6.07) is 0. The standard InChI is InChI=1S/C12H20N2O3/c13-8-12(3-1-2-4-12)11(17)14-6-9(7-14)5-10(15)16/h9H,1-8,13H2,(H,15,16). The van der Waals surface area contributed by atoms with Gasteiger partial charge in [-0.1, -0.05) is 12.8 Å². The van der Waals surface area contributed by atoms with Crippen molar-refractivity contribution in [3.8, 4) is 0 Å². The molecule has 5 nitrogen and oxygen atoms in total. The van der Waals surface area contributed by atoms with Gasteiger partial charge in [-0.2, -0.15) is 0 Å². The number of amides is 1. The second kappa shape index (κ2) is 4.64. The van der Waals surface area contributed by atoms with Crippen molar-refractivity contribution >= 4 is 11.9 Å². The number of hydrogen-bond donors (Lipinski definition) is 2. The van der Waals surface area contributed by atoms with Crippen molar-refractivity contribution in [2.24, 2.45) is 17.1 Å². The predicted molar refractivity (Wildman–Crippen MR) is 62.3 cm³/mol. The smallest absolute Gasteiger partial charge is 0.303 e. The van der Waals surface area contributed by atoms with Crippen LogP contribution in [0.15, 0.2) is 0 Å². The molecule has 1 saturated heterocycles. The summed E-state index contributed by atoms with van der Waals surface area (Å²) in [5, 5.41) is 8.66. The summed E-state index contributed by atoms with van der Waals surface area (Å²) in [6.07, 6.45) is 4.11. The molecular weight excluding hydrogens is 220 g/mol. The van der Waals surface area contributed by atoms with Gasteiger partial charge in [0.25, 0.3) is 0 Å². The second-order valence-electron chi connectivity index (χ2n) is 5.37. The van der Waals surface area contributed by atoms with Crippen molar-refractivity contribution in [2.45, 2.75) is 32.1 Å². The van der Waals surface area contributed by atoms with Gasteiger partial charge in [0.05, 0.1) is 11.8 Å². The summed E-state index contributed by atoms with van der Waals surface area (Å²) in [4.78, 5) is 24.6. The Labute approximate surface area is 101 Å². The van der Waals surface area contributed by atoms with Crippen LogP contribution in [0.5, 0.6) is 0 Å². The Hall–Kier alpha value is -1.10. The topological polar surface area (TPSA) is 83.6 Å². The zero-order chi connectivity index (χ0) is 12.5. The number of nitrogens with two attached hydrogens (primary N) is 1. The molecule has 1 saturated carbocycles. The average Bonchev–Trinajstić information content (AvgIpc) is 2.71. The van der Waals surface area contributed by atoms with Crippen molar-refractivity contribution < 1.29 is 14.7 Å². The summed E-state index contributed by atoms with van der Waals surface area (Å²) in [7, 11) is 0. The molecule has 5 heteroatoms. The van der Waals surface area contributed by atoms with E-state index in [1.54, 1.807) is 4.90 Å². The van der Waals surface area contributed by atoms with Gasteiger partial charge in [-0.05, 0) is 12.8 Å². The van der Waals surface area contributed by atoms with Crippen LogP contribution in [0.3, 0.4) is 0 Å². The van der Waals surface area contributed by atoms with E-state index in [-0.39, 0.29) is 23.7 Å². The molecule has 0 radical (unpaired) electrons. The summed E-state index contributed by atoms with van der Waals surface area (Å²) >= 11 is 0. The molecule has 2 rings (SSSR count). The minimum absolute atomic E-state index is 0.132. The maximum absolute atomic E-state index is 12.3. The fourth-order valence-corrected chi connectivity index (χ4v) is 3.00. The number of aliphatic carboxylic acids is 1. The van der Waals surface area contributed by atoms with Crippen molar-refractivity contribution in [2.75, 3.05) is 19.6 Å². The van der Waals surface area contributed by atoms with Gasteiger partial charge in [0.2, 0.25) is 5.91 Å². The first kappa shape index (κ1) is 12.4. The van der Waals surface area contributed by atoms with Crippen LogP contribution in [-0.4, -0.2) is 41.5 Å². The Morgan fingerprint density at radius 2 is 1.88 bits per heavy atom. The summed E-state index contributed by atoms with van der Waals surface area (Å²) < 4.78 is 0. The van der Waals surface area contributed by atoms with Crippen LogP contribution in [0, 0.1) is 11.3 Å². The van der Waals surface area contributed by atoms with Crippen LogP contribution in [0.2, 0.25) is 0 Å². The van der Waals surface area contributed by atoms with Gasteiger partial charge in [0.1, 0.15) is 0 Å². The van der Waals surface area contributed by atoms with E-state index >= 15 is 0 Å². The molecule has 1 aliphatic heterocycles. The van der Waals surface area contributed by atoms with E-state index in [4.69, 9.17) is 10.8 Å². The molecule has 0 unspecified atom stereocenters. The van der Waals surface area contributed by atoms with Gasteiger partial charge in [-0.25, -0.2) is 0 Å². The predicted octanol–water partition coefficient (Wildman–Crippen LogP) is 0.439. The lowest BCUT2D eigenvalue weighted by Crippen LogP contribution is -2.56. The largest absolute Gasteiger partial charge is 0.481 e. The van der Waals surface area contributed by atoms with Crippen LogP contribution < -0.4 is 5.73 Å². The van der Waals surface area contributed by atoms with Gasteiger partial charge < -0.3 is 15.7 Å². The first-order valence-corrected chi connectivity index (χ1v) is 6.29. The number of nitrogens with zero attached hydrogens (tertiary/aromatic N) is 1. The highest BCUT2D eigenvalue weighted by Crippen LogP contribution is 2.40. The Kier molecular flexibility index (Phi) is 3.38.